The van der Waals surface area contributed by atoms with Crippen molar-refractivity contribution in [3.05, 3.63) is 11.6 Å². The quantitative estimate of drug-likeness (QED) is 0.559. The predicted octanol–water partition coefficient (Wildman–Crippen LogP) is 1.31. The average molecular weight is 142 g/mol. The van der Waals surface area contributed by atoms with Crippen LogP contribution in [0, 0.1) is 5.92 Å². The van der Waals surface area contributed by atoms with Gasteiger partial charge in [-0.25, -0.2) is 0 Å². The second kappa shape index (κ2) is 3.17. The molecule has 58 valence electrons. The number of aliphatic hydroxyl groups is 1. The van der Waals surface area contributed by atoms with Gasteiger partial charge in [0.1, 0.15) is 0 Å². The summed E-state index contributed by atoms with van der Waals surface area (Å²) in [6.07, 6.45) is 2.33. The van der Waals surface area contributed by atoms with Gasteiger partial charge < -0.3 is 9.84 Å². The van der Waals surface area contributed by atoms with Crippen LogP contribution in [0.3, 0.4) is 0 Å². The Kier molecular flexibility index (Phi) is 2.46. The summed E-state index contributed by atoms with van der Waals surface area (Å²) < 4.78 is 5.08. The van der Waals surface area contributed by atoms with E-state index in [1.165, 1.54) is 0 Å². The summed E-state index contributed by atoms with van der Waals surface area (Å²) in [4.78, 5) is 0. The Bertz CT molecular complexity index is 140. The molecular formula is C8H14O2. The van der Waals surface area contributed by atoms with Crippen molar-refractivity contribution < 1.29 is 9.84 Å². The van der Waals surface area contributed by atoms with E-state index >= 15 is 0 Å². The first-order valence-corrected chi connectivity index (χ1v) is 3.74. The number of aliphatic hydroxyl groups excluding tert-OH is 1. The number of hydrogen-bond acceptors (Lipinski definition) is 2. The van der Waals surface area contributed by atoms with E-state index in [0.717, 1.165) is 12.0 Å². The molecule has 1 aliphatic heterocycles. The molecule has 10 heavy (non-hydrogen) atoms. The normalized spacial score (nSPS) is 33.7. The van der Waals surface area contributed by atoms with Gasteiger partial charge in [-0.05, 0) is 17.9 Å². The summed E-state index contributed by atoms with van der Waals surface area (Å²) in [6.45, 7) is 4.75. The molecule has 2 nitrogen and oxygen atoms in total. The molecule has 1 heterocycles. The van der Waals surface area contributed by atoms with Crippen molar-refractivity contribution in [1.82, 2.24) is 0 Å². The van der Waals surface area contributed by atoms with Gasteiger partial charge in [-0.2, -0.15) is 0 Å². The fourth-order valence-corrected chi connectivity index (χ4v) is 1.14. The Labute approximate surface area is 61.5 Å². The molecular weight excluding hydrogens is 128 g/mol. The summed E-state index contributed by atoms with van der Waals surface area (Å²) >= 11 is 0. The molecule has 0 aromatic rings. The van der Waals surface area contributed by atoms with E-state index in [4.69, 9.17) is 4.74 Å². The zero-order valence-corrected chi connectivity index (χ0v) is 6.50. The van der Waals surface area contributed by atoms with Crippen LogP contribution >= 0.6 is 0 Å². The zero-order chi connectivity index (χ0) is 7.56. The van der Waals surface area contributed by atoms with E-state index in [-0.39, 0.29) is 0 Å². The van der Waals surface area contributed by atoms with Crippen LogP contribution in [0.15, 0.2) is 11.6 Å². The van der Waals surface area contributed by atoms with Crippen LogP contribution in [0.5, 0.6) is 0 Å². The van der Waals surface area contributed by atoms with E-state index < -0.39 is 6.29 Å². The molecule has 1 N–H and O–H groups in total. The van der Waals surface area contributed by atoms with Crippen LogP contribution in [0.1, 0.15) is 20.3 Å². The lowest BCUT2D eigenvalue weighted by atomic mass is 10.0. The van der Waals surface area contributed by atoms with E-state index in [0.29, 0.717) is 12.5 Å². The Morgan fingerprint density at radius 2 is 2.50 bits per heavy atom. The fourth-order valence-electron chi connectivity index (χ4n) is 1.14. The highest BCUT2D eigenvalue weighted by molar-refractivity contribution is 5.08. The Balaban J connectivity index is 2.62. The third kappa shape index (κ3) is 1.58. The zero-order valence-electron chi connectivity index (χ0n) is 6.50. The van der Waals surface area contributed by atoms with Crippen molar-refractivity contribution in [2.75, 3.05) is 6.61 Å². The van der Waals surface area contributed by atoms with Crippen molar-refractivity contribution in [1.29, 1.82) is 0 Å². The molecule has 2 unspecified atom stereocenters. The van der Waals surface area contributed by atoms with Crippen LogP contribution < -0.4 is 0 Å². The first kappa shape index (κ1) is 7.76. The highest BCUT2D eigenvalue weighted by Gasteiger charge is 2.16. The Hall–Kier alpha value is -0.340. The van der Waals surface area contributed by atoms with Crippen LogP contribution in [0.25, 0.3) is 0 Å². The molecule has 0 bridgehead atoms. The molecule has 1 aliphatic rings. The van der Waals surface area contributed by atoms with E-state index in [1.54, 1.807) is 0 Å². The molecule has 0 saturated carbocycles. The summed E-state index contributed by atoms with van der Waals surface area (Å²) in [7, 11) is 0. The van der Waals surface area contributed by atoms with E-state index in [9.17, 15) is 5.11 Å². The summed E-state index contributed by atoms with van der Waals surface area (Å²) in [6, 6.07) is 0. The highest BCUT2D eigenvalue weighted by Crippen LogP contribution is 2.18. The molecule has 0 aromatic carbocycles. The topological polar surface area (TPSA) is 29.5 Å². The van der Waals surface area contributed by atoms with Gasteiger partial charge in [0.25, 0.3) is 0 Å². The maximum atomic E-state index is 9.20. The van der Waals surface area contributed by atoms with Crippen molar-refractivity contribution in [3.63, 3.8) is 0 Å². The van der Waals surface area contributed by atoms with Gasteiger partial charge in [-0.3, -0.25) is 0 Å². The fraction of sp³-hybridized carbons (Fsp3) is 0.750. The second-order valence-electron chi connectivity index (χ2n) is 2.76. The minimum absolute atomic E-state index is 0.457. The number of ether oxygens (including phenoxy) is 1. The molecule has 2 heteroatoms. The first-order chi connectivity index (χ1) is 4.74. The van der Waals surface area contributed by atoms with Crippen molar-refractivity contribution in [2.24, 2.45) is 5.92 Å². The monoisotopic (exact) mass is 142 g/mol. The van der Waals surface area contributed by atoms with Crippen LogP contribution in [0.4, 0.5) is 0 Å². The van der Waals surface area contributed by atoms with Crippen LogP contribution in [-0.4, -0.2) is 18.0 Å². The van der Waals surface area contributed by atoms with Crippen molar-refractivity contribution in [2.45, 2.75) is 26.6 Å². The van der Waals surface area contributed by atoms with Gasteiger partial charge in [-0.1, -0.05) is 19.9 Å². The predicted molar refractivity (Wildman–Crippen MR) is 39.5 cm³/mol. The van der Waals surface area contributed by atoms with E-state index in [2.05, 4.69) is 13.0 Å². The second-order valence-corrected chi connectivity index (χ2v) is 2.76. The lowest BCUT2D eigenvalue weighted by molar-refractivity contribution is -0.0891. The molecule has 0 spiro atoms. The minimum Gasteiger partial charge on any atom is -0.364 e. The molecule has 0 fully saturated rings. The summed E-state index contributed by atoms with van der Waals surface area (Å²) in [5, 5.41) is 9.20. The maximum Gasteiger partial charge on any atom is 0.177 e. The Morgan fingerprint density at radius 1 is 1.80 bits per heavy atom. The number of hydrogen-bond donors (Lipinski definition) is 1. The van der Waals surface area contributed by atoms with Crippen molar-refractivity contribution >= 4 is 0 Å². The minimum atomic E-state index is -0.638. The SMILES string of the molecule is CCC1=CC(C)COC1O. The molecule has 2 atom stereocenters. The lowest BCUT2D eigenvalue weighted by Gasteiger charge is -2.22. The largest absolute Gasteiger partial charge is 0.364 e. The van der Waals surface area contributed by atoms with Gasteiger partial charge >= 0.3 is 0 Å². The third-order valence-corrected chi connectivity index (χ3v) is 1.74. The number of rotatable bonds is 1. The van der Waals surface area contributed by atoms with Crippen LogP contribution in [0.2, 0.25) is 0 Å². The summed E-state index contributed by atoms with van der Waals surface area (Å²) in [5.41, 5.74) is 1.01. The summed E-state index contributed by atoms with van der Waals surface area (Å²) in [5.74, 6) is 0.457. The lowest BCUT2D eigenvalue weighted by Crippen LogP contribution is -2.23. The van der Waals surface area contributed by atoms with Crippen LogP contribution in [-0.2, 0) is 4.74 Å². The van der Waals surface area contributed by atoms with Gasteiger partial charge in [0.05, 0.1) is 6.61 Å². The smallest absolute Gasteiger partial charge is 0.177 e. The van der Waals surface area contributed by atoms with Gasteiger partial charge in [0.15, 0.2) is 6.29 Å². The Morgan fingerprint density at radius 3 is 3.00 bits per heavy atom. The average Bonchev–Trinajstić information content (AvgIpc) is 1.94. The molecule has 0 aromatic heterocycles. The first-order valence-electron chi connectivity index (χ1n) is 3.74. The molecule has 0 saturated heterocycles. The molecule has 0 radical (unpaired) electrons. The van der Waals surface area contributed by atoms with E-state index in [1.807, 2.05) is 6.92 Å². The standard InChI is InChI=1S/C8H14O2/c1-3-7-4-6(2)5-10-8(7)9/h4,6,8-9H,3,5H2,1-2H3. The molecule has 1 rings (SSSR count). The van der Waals surface area contributed by atoms with Gasteiger partial charge in [0.2, 0.25) is 0 Å². The van der Waals surface area contributed by atoms with Gasteiger partial charge in [0, 0.05) is 0 Å². The molecule has 0 amide bonds. The van der Waals surface area contributed by atoms with Crippen molar-refractivity contribution in [3.8, 4) is 0 Å². The molecule has 0 aliphatic carbocycles. The highest BCUT2D eigenvalue weighted by atomic mass is 16.6. The maximum absolute atomic E-state index is 9.20. The third-order valence-electron chi connectivity index (χ3n) is 1.74. The van der Waals surface area contributed by atoms with Gasteiger partial charge in [-0.15, -0.1) is 0 Å².